The molecule has 1 aromatic carbocycles. The van der Waals surface area contributed by atoms with Gasteiger partial charge in [-0.15, -0.1) is 11.3 Å². The van der Waals surface area contributed by atoms with Crippen molar-refractivity contribution in [3.63, 3.8) is 0 Å². The molecule has 0 fully saturated rings. The summed E-state index contributed by atoms with van der Waals surface area (Å²) < 4.78 is 40.9. The fraction of sp³-hybridized carbons (Fsp3) is 0.375. The molecule has 0 aliphatic rings. The highest BCUT2D eigenvalue weighted by molar-refractivity contribution is 7.13. The van der Waals surface area contributed by atoms with Crippen molar-refractivity contribution in [2.45, 2.75) is 19.1 Å². The van der Waals surface area contributed by atoms with E-state index in [2.05, 4.69) is 20.3 Å². The number of aromatic nitrogens is 3. The van der Waals surface area contributed by atoms with Gasteiger partial charge in [-0.1, -0.05) is 0 Å². The Labute approximate surface area is 147 Å². The molecule has 25 heavy (non-hydrogen) atoms. The highest BCUT2D eigenvalue weighted by Gasteiger charge is 2.31. The van der Waals surface area contributed by atoms with E-state index in [1.165, 1.54) is 17.4 Å². The number of nitrogens with zero attached hydrogens (tertiary/aromatic N) is 4. The molecule has 1 N–H and O–H groups in total. The van der Waals surface area contributed by atoms with E-state index in [1.807, 2.05) is 14.1 Å². The molecule has 0 saturated carbocycles. The molecule has 0 bridgehead atoms. The van der Waals surface area contributed by atoms with Gasteiger partial charge in [0, 0.05) is 23.5 Å². The molecule has 0 unspecified atom stereocenters. The molecule has 3 aromatic rings. The third kappa shape index (κ3) is 4.10. The summed E-state index contributed by atoms with van der Waals surface area (Å²) in [6.45, 7) is 1.50. The molecule has 2 aromatic heterocycles. The number of benzene rings is 1. The Hall–Kier alpha value is -2.13. The molecule has 0 atom stereocenters. The van der Waals surface area contributed by atoms with Crippen molar-refractivity contribution in [3.05, 3.63) is 35.3 Å². The molecule has 5 nitrogen and oxygen atoms in total. The number of aryl methyl sites for hydroxylation is 1. The summed E-state index contributed by atoms with van der Waals surface area (Å²) in [5.41, 5.74) is -0.0131. The Balaban J connectivity index is 1.99. The van der Waals surface area contributed by atoms with Gasteiger partial charge in [-0.05, 0) is 45.3 Å². The molecule has 9 heteroatoms. The SMILES string of the molecule is CN(C)CCCn1nc(Nc2nccs2)c2cc(C(F)(F)F)ccc21. The van der Waals surface area contributed by atoms with Crippen molar-refractivity contribution >= 4 is 33.2 Å². The Morgan fingerprint density at radius 2 is 2.08 bits per heavy atom. The monoisotopic (exact) mass is 369 g/mol. The first-order chi connectivity index (χ1) is 11.8. The smallest absolute Gasteiger partial charge is 0.314 e. The molecule has 2 heterocycles. The van der Waals surface area contributed by atoms with Gasteiger partial charge in [0.15, 0.2) is 10.9 Å². The number of thiazole rings is 1. The number of nitrogens with one attached hydrogen (secondary N) is 1. The van der Waals surface area contributed by atoms with Crippen LogP contribution in [0.4, 0.5) is 24.1 Å². The van der Waals surface area contributed by atoms with Gasteiger partial charge >= 0.3 is 6.18 Å². The second-order valence-corrected chi connectivity index (χ2v) is 6.82. The zero-order chi connectivity index (χ0) is 18.0. The number of rotatable bonds is 6. The second kappa shape index (κ2) is 7.01. The maximum Gasteiger partial charge on any atom is 0.416 e. The van der Waals surface area contributed by atoms with Gasteiger partial charge in [0.2, 0.25) is 0 Å². The Kier molecular flexibility index (Phi) is 4.96. The molecule has 0 saturated heterocycles. The molecule has 0 amide bonds. The summed E-state index contributed by atoms with van der Waals surface area (Å²) in [5, 5.41) is 10.3. The fourth-order valence-corrected chi connectivity index (χ4v) is 3.07. The summed E-state index contributed by atoms with van der Waals surface area (Å²) >= 11 is 1.37. The van der Waals surface area contributed by atoms with Gasteiger partial charge in [0.25, 0.3) is 0 Å². The molecule has 0 radical (unpaired) electrons. The lowest BCUT2D eigenvalue weighted by atomic mass is 10.1. The number of anilines is 2. The quantitative estimate of drug-likeness (QED) is 0.707. The Bertz CT molecular complexity index is 839. The largest absolute Gasteiger partial charge is 0.416 e. The summed E-state index contributed by atoms with van der Waals surface area (Å²) in [7, 11) is 3.96. The summed E-state index contributed by atoms with van der Waals surface area (Å²) in [5.74, 6) is 0.390. The summed E-state index contributed by atoms with van der Waals surface area (Å²) in [6.07, 6.45) is -1.91. The average Bonchev–Trinajstić information content (AvgIpc) is 3.15. The van der Waals surface area contributed by atoms with E-state index in [9.17, 15) is 13.2 Å². The lowest BCUT2D eigenvalue weighted by molar-refractivity contribution is -0.137. The van der Waals surface area contributed by atoms with E-state index < -0.39 is 11.7 Å². The number of fused-ring (bicyclic) bond motifs is 1. The van der Waals surface area contributed by atoms with Crippen LogP contribution in [0.2, 0.25) is 0 Å². The van der Waals surface area contributed by atoms with E-state index in [0.717, 1.165) is 25.1 Å². The predicted molar refractivity (Wildman–Crippen MR) is 93.3 cm³/mol. The minimum absolute atomic E-state index is 0.390. The first-order valence-corrected chi connectivity index (χ1v) is 8.61. The van der Waals surface area contributed by atoms with E-state index in [1.54, 1.807) is 16.3 Å². The third-order valence-electron chi connectivity index (χ3n) is 3.71. The zero-order valence-electron chi connectivity index (χ0n) is 13.8. The van der Waals surface area contributed by atoms with E-state index in [-0.39, 0.29) is 0 Å². The first kappa shape index (κ1) is 17.7. The van der Waals surface area contributed by atoms with Crippen molar-refractivity contribution in [2.75, 3.05) is 26.0 Å². The molecule has 0 aliphatic heterocycles. The number of hydrogen-bond donors (Lipinski definition) is 1. The molecule has 3 rings (SSSR count). The van der Waals surface area contributed by atoms with Gasteiger partial charge in [0.1, 0.15) is 0 Å². The minimum atomic E-state index is -4.39. The van der Waals surface area contributed by atoms with Crippen molar-refractivity contribution in [1.29, 1.82) is 0 Å². The van der Waals surface area contributed by atoms with Gasteiger partial charge in [-0.25, -0.2) is 4.98 Å². The lowest BCUT2D eigenvalue weighted by Gasteiger charge is -2.10. The average molecular weight is 369 g/mol. The van der Waals surface area contributed by atoms with Gasteiger partial charge in [-0.3, -0.25) is 4.68 Å². The van der Waals surface area contributed by atoms with Crippen LogP contribution >= 0.6 is 11.3 Å². The van der Waals surface area contributed by atoms with Crippen LogP contribution in [0.25, 0.3) is 10.9 Å². The molecule has 0 spiro atoms. The number of alkyl halides is 3. The third-order valence-corrected chi connectivity index (χ3v) is 4.40. The molecule has 0 aliphatic carbocycles. The first-order valence-electron chi connectivity index (χ1n) is 7.73. The van der Waals surface area contributed by atoms with Crippen LogP contribution in [0.15, 0.2) is 29.8 Å². The van der Waals surface area contributed by atoms with Crippen molar-refractivity contribution < 1.29 is 13.2 Å². The van der Waals surface area contributed by atoms with E-state index in [4.69, 9.17) is 0 Å². The maximum absolute atomic E-state index is 13.1. The van der Waals surface area contributed by atoms with Crippen LogP contribution in [0.1, 0.15) is 12.0 Å². The number of halogens is 3. The summed E-state index contributed by atoms with van der Waals surface area (Å²) in [4.78, 5) is 6.17. The van der Waals surface area contributed by atoms with Crippen LogP contribution in [0.3, 0.4) is 0 Å². The second-order valence-electron chi connectivity index (χ2n) is 5.92. The zero-order valence-corrected chi connectivity index (χ0v) is 14.7. The van der Waals surface area contributed by atoms with Crippen molar-refractivity contribution in [1.82, 2.24) is 19.7 Å². The van der Waals surface area contributed by atoms with Crippen LogP contribution < -0.4 is 5.32 Å². The van der Waals surface area contributed by atoms with Crippen LogP contribution in [0.5, 0.6) is 0 Å². The van der Waals surface area contributed by atoms with Gasteiger partial charge in [0.05, 0.1) is 11.1 Å². The van der Waals surface area contributed by atoms with Crippen LogP contribution in [-0.4, -0.2) is 40.3 Å². The van der Waals surface area contributed by atoms with E-state index >= 15 is 0 Å². The fourth-order valence-electron chi connectivity index (χ4n) is 2.54. The van der Waals surface area contributed by atoms with Gasteiger partial charge < -0.3 is 10.2 Å². The standard InChI is InChI=1S/C16H18F3N5S/c1-23(2)7-3-8-24-13-5-4-11(16(17,18)19)10-12(13)14(22-24)21-15-20-6-9-25-15/h4-6,9-10H,3,7-8H2,1-2H3,(H,20,21,22). The Morgan fingerprint density at radius 1 is 1.28 bits per heavy atom. The summed E-state index contributed by atoms with van der Waals surface area (Å²) in [6, 6.07) is 3.72. The van der Waals surface area contributed by atoms with Crippen molar-refractivity contribution in [2.24, 2.45) is 0 Å². The Morgan fingerprint density at radius 3 is 2.72 bits per heavy atom. The molecular weight excluding hydrogens is 351 g/mol. The van der Waals surface area contributed by atoms with Gasteiger partial charge in [-0.2, -0.15) is 18.3 Å². The normalized spacial score (nSPS) is 12.2. The van der Waals surface area contributed by atoms with Crippen LogP contribution in [-0.2, 0) is 12.7 Å². The van der Waals surface area contributed by atoms with Crippen LogP contribution in [0, 0.1) is 0 Å². The van der Waals surface area contributed by atoms with Crippen molar-refractivity contribution in [3.8, 4) is 0 Å². The van der Waals surface area contributed by atoms with E-state index in [0.29, 0.717) is 28.4 Å². The maximum atomic E-state index is 13.1. The molecule has 134 valence electrons. The predicted octanol–water partition coefficient (Wildman–Crippen LogP) is 4.21. The lowest BCUT2D eigenvalue weighted by Crippen LogP contribution is -2.15. The highest BCUT2D eigenvalue weighted by atomic mass is 32.1. The number of hydrogen-bond acceptors (Lipinski definition) is 5. The topological polar surface area (TPSA) is 46.0 Å². The molecular formula is C16H18F3N5S. The highest BCUT2D eigenvalue weighted by Crippen LogP contribution is 2.34. The minimum Gasteiger partial charge on any atom is -0.314 e.